The van der Waals surface area contributed by atoms with Gasteiger partial charge in [0.25, 0.3) is 5.91 Å². The molecule has 0 aliphatic heterocycles. The van der Waals surface area contributed by atoms with E-state index in [9.17, 15) is 26.4 Å². The van der Waals surface area contributed by atoms with Crippen LogP contribution in [0.3, 0.4) is 0 Å². The molecule has 2 N–H and O–H groups in total. The maximum absolute atomic E-state index is 13.5. The molecule has 0 spiro atoms. The van der Waals surface area contributed by atoms with Crippen LogP contribution < -0.4 is 14.8 Å². The van der Waals surface area contributed by atoms with Gasteiger partial charge in [-0.15, -0.1) is 0 Å². The van der Waals surface area contributed by atoms with E-state index in [-0.39, 0.29) is 10.6 Å². The van der Waals surface area contributed by atoms with E-state index in [0.29, 0.717) is 19.0 Å². The summed E-state index contributed by atoms with van der Waals surface area (Å²) in [6.07, 6.45) is 1.57. The van der Waals surface area contributed by atoms with E-state index < -0.39 is 45.7 Å². The minimum Gasteiger partial charge on any atom is -0.484 e. The highest BCUT2D eigenvalue weighted by Crippen LogP contribution is 2.20. The van der Waals surface area contributed by atoms with Gasteiger partial charge in [-0.3, -0.25) is 4.79 Å². The van der Waals surface area contributed by atoms with Crippen molar-refractivity contribution in [2.75, 3.05) is 18.5 Å². The molecular formula is C18H19F3N2O4S. The Bertz CT molecular complexity index is 935. The van der Waals surface area contributed by atoms with Crippen molar-refractivity contribution in [2.24, 2.45) is 0 Å². The summed E-state index contributed by atoms with van der Waals surface area (Å²) in [5.74, 6) is -5.18. The Kier molecular flexibility index (Phi) is 7.41. The third-order valence-corrected chi connectivity index (χ3v) is 5.11. The quantitative estimate of drug-likeness (QED) is 0.486. The van der Waals surface area contributed by atoms with E-state index in [1.54, 1.807) is 0 Å². The van der Waals surface area contributed by atoms with Gasteiger partial charge in [0.2, 0.25) is 10.0 Å². The topological polar surface area (TPSA) is 84.5 Å². The first-order chi connectivity index (χ1) is 13.2. The number of carbonyl (C=O) groups excluding carboxylic acids is 1. The number of ether oxygens (including phenoxy) is 1. The van der Waals surface area contributed by atoms with Crippen molar-refractivity contribution in [1.82, 2.24) is 4.72 Å². The van der Waals surface area contributed by atoms with E-state index in [0.717, 1.165) is 12.5 Å². The second-order valence-corrected chi connectivity index (χ2v) is 7.55. The van der Waals surface area contributed by atoms with Crippen LogP contribution in [0.15, 0.2) is 41.3 Å². The number of carbonyl (C=O) groups is 1. The van der Waals surface area contributed by atoms with Gasteiger partial charge in [0.15, 0.2) is 24.1 Å². The van der Waals surface area contributed by atoms with Crippen LogP contribution in [0.2, 0.25) is 0 Å². The third-order valence-electron chi connectivity index (χ3n) is 3.64. The van der Waals surface area contributed by atoms with Crippen LogP contribution in [0.5, 0.6) is 5.75 Å². The Labute approximate surface area is 160 Å². The molecule has 2 aromatic rings. The molecule has 0 aliphatic rings. The second-order valence-electron chi connectivity index (χ2n) is 5.78. The number of nitrogens with one attached hydrogen (secondary N) is 2. The summed E-state index contributed by atoms with van der Waals surface area (Å²) in [6, 6.07) is 6.92. The van der Waals surface area contributed by atoms with Crippen molar-refractivity contribution in [3.05, 3.63) is 53.8 Å². The molecule has 6 nitrogen and oxygen atoms in total. The minimum absolute atomic E-state index is 0.0456. The van der Waals surface area contributed by atoms with Gasteiger partial charge in [0.05, 0.1) is 10.6 Å². The molecule has 2 rings (SSSR count). The number of benzene rings is 2. The van der Waals surface area contributed by atoms with E-state index in [1.165, 1.54) is 24.3 Å². The number of anilines is 1. The van der Waals surface area contributed by atoms with Gasteiger partial charge in [0.1, 0.15) is 5.75 Å². The first-order valence-corrected chi connectivity index (χ1v) is 9.88. The molecule has 0 aliphatic carbocycles. The monoisotopic (exact) mass is 416 g/mol. The maximum Gasteiger partial charge on any atom is 0.262 e. The Morgan fingerprint density at radius 2 is 1.71 bits per heavy atom. The van der Waals surface area contributed by atoms with Gasteiger partial charge < -0.3 is 10.1 Å². The molecule has 0 heterocycles. The van der Waals surface area contributed by atoms with E-state index in [4.69, 9.17) is 4.74 Å². The number of hydrogen-bond donors (Lipinski definition) is 2. The van der Waals surface area contributed by atoms with Crippen molar-refractivity contribution in [3.8, 4) is 5.75 Å². The van der Waals surface area contributed by atoms with Gasteiger partial charge in [-0.25, -0.2) is 26.3 Å². The van der Waals surface area contributed by atoms with E-state index in [1.807, 2.05) is 6.92 Å². The Morgan fingerprint density at radius 1 is 1.04 bits per heavy atom. The normalized spacial score (nSPS) is 11.3. The lowest BCUT2D eigenvalue weighted by atomic mass is 10.3. The van der Waals surface area contributed by atoms with Gasteiger partial charge in [0, 0.05) is 6.54 Å². The first-order valence-electron chi connectivity index (χ1n) is 8.40. The van der Waals surface area contributed by atoms with Crippen molar-refractivity contribution in [3.63, 3.8) is 0 Å². The smallest absolute Gasteiger partial charge is 0.262 e. The molecule has 28 heavy (non-hydrogen) atoms. The first kappa shape index (κ1) is 21.7. The van der Waals surface area contributed by atoms with Crippen LogP contribution in [0.4, 0.5) is 18.9 Å². The summed E-state index contributed by atoms with van der Waals surface area (Å²) in [5.41, 5.74) is -0.521. The van der Waals surface area contributed by atoms with Crippen molar-refractivity contribution < 1.29 is 31.1 Å². The standard InChI is InChI=1S/C18H19F3N2O4S/c1-2-3-10-22-28(25,26)13-6-4-12(5-7-13)27-11-16(24)23-15-9-8-14(19)17(20)18(15)21/h4-9,22H,2-3,10-11H2,1H3,(H,23,24). The summed E-state index contributed by atoms with van der Waals surface area (Å²) >= 11 is 0. The zero-order valence-corrected chi connectivity index (χ0v) is 15.8. The zero-order chi connectivity index (χ0) is 20.7. The molecule has 0 bridgehead atoms. The lowest BCUT2D eigenvalue weighted by Crippen LogP contribution is -2.24. The Balaban J connectivity index is 1.92. The van der Waals surface area contributed by atoms with Crippen molar-refractivity contribution >= 4 is 21.6 Å². The summed E-state index contributed by atoms with van der Waals surface area (Å²) in [7, 11) is -3.63. The SMILES string of the molecule is CCCCNS(=O)(=O)c1ccc(OCC(=O)Nc2ccc(F)c(F)c2F)cc1. The third kappa shape index (κ3) is 5.70. The Morgan fingerprint density at radius 3 is 2.36 bits per heavy atom. The van der Waals surface area contributed by atoms with Crippen LogP contribution in [0, 0.1) is 17.5 Å². The second kappa shape index (κ2) is 9.56. The summed E-state index contributed by atoms with van der Waals surface area (Å²) in [6.45, 7) is 1.73. The van der Waals surface area contributed by atoms with Gasteiger partial charge in [-0.2, -0.15) is 0 Å². The zero-order valence-electron chi connectivity index (χ0n) is 15.0. The van der Waals surface area contributed by atoms with E-state index >= 15 is 0 Å². The molecule has 0 fully saturated rings. The van der Waals surface area contributed by atoms with Crippen LogP contribution in [0.1, 0.15) is 19.8 Å². The fraction of sp³-hybridized carbons (Fsp3) is 0.278. The highest BCUT2D eigenvalue weighted by atomic mass is 32.2. The highest BCUT2D eigenvalue weighted by Gasteiger charge is 2.16. The fourth-order valence-corrected chi connectivity index (χ4v) is 3.21. The lowest BCUT2D eigenvalue weighted by Gasteiger charge is -2.10. The van der Waals surface area contributed by atoms with Gasteiger partial charge >= 0.3 is 0 Å². The molecular weight excluding hydrogens is 397 g/mol. The number of unbranched alkanes of at least 4 members (excludes halogenated alkanes) is 1. The molecule has 10 heteroatoms. The lowest BCUT2D eigenvalue weighted by molar-refractivity contribution is -0.118. The maximum atomic E-state index is 13.5. The molecule has 0 unspecified atom stereocenters. The molecule has 0 aromatic heterocycles. The molecule has 2 aromatic carbocycles. The number of hydrogen-bond acceptors (Lipinski definition) is 4. The highest BCUT2D eigenvalue weighted by molar-refractivity contribution is 7.89. The predicted molar refractivity (Wildman–Crippen MR) is 97.0 cm³/mol. The Hall–Kier alpha value is -2.59. The van der Waals surface area contributed by atoms with Crippen LogP contribution in [-0.2, 0) is 14.8 Å². The van der Waals surface area contributed by atoms with E-state index in [2.05, 4.69) is 10.0 Å². The largest absolute Gasteiger partial charge is 0.484 e. The average Bonchev–Trinajstić information content (AvgIpc) is 2.67. The number of sulfonamides is 1. The number of rotatable bonds is 9. The molecule has 0 radical (unpaired) electrons. The molecule has 0 atom stereocenters. The molecule has 1 amide bonds. The van der Waals surface area contributed by atoms with Crippen LogP contribution in [0.25, 0.3) is 0 Å². The minimum atomic E-state index is -3.63. The van der Waals surface area contributed by atoms with Crippen molar-refractivity contribution in [2.45, 2.75) is 24.7 Å². The van der Waals surface area contributed by atoms with Gasteiger partial charge in [-0.1, -0.05) is 13.3 Å². The number of amides is 1. The molecule has 0 saturated heterocycles. The van der Waals surface area contributed by atoms with Gasteiger partial charge in [-0.05, 0) is 42.8 Å². The summed E-state index contributed by atoms with van der Waals surface area (Å²) in [5, 5.41) is 2.06. The predicted octanol–water partition coefficient (Wildman–Crippen LogP) is 3.20. The summed E-state index contributed by atoms with van der Waals surface area (Å²) < 4.78 is 71.3. The molecule has 152 valence electrons. The fourth-order valence-electron chi connectivity index (χ4n) is 2.14. The van der Waals surface area contributed by atoms with Crippen molar-refractivity contribution in [1.29, 1.82) is 0 Å². The van der Waals surface area contributed by atoms with Crippen LogP contribution in [-0.4, -0.2) is 27.5 Å². The number of halogens is 3. The molecule has 0 saturated carbocycles. The van der Waals surface area contributed by atoms with Crippen LogP contribution >= 0.6 is 0 Å². The summed E-state index contributed by atoms with van der Waals surface area (Å²) in [4.78, 5) is 11.8. The average molecular weight is 416 g/mol.